The fourth-order valence-corrected chi connectivity index (χ4v) is 2.95. The number of hydrogen-bond donors (Lipinski definition) is 1. The lowest BCUT2D eigenvalue weighted by Gasteiger charge is -2.07. The van der Waals surface area contributed by atoms with Crippen LogP contribution in [-0.4, -0.2) is 27.3 Å². The van der Waals surface area contributed by atoms with E-state index in [1.54, 1.807) is 16.8 Å². The number of ether oxygens (including phenoxy) is 1. The molecule has 0 aliphatic rings. The van der Waals surface area contributed by atoms with Crippen LogP contribution in [0, 0.1) is 5.82 Å². The highest BCUT2D eigenvalue weighted by Crippen LogP contribution is 2.23. The highest BCUT2D eigenvalue weighted by molar-refractivity contribution is 6.01. The van der Waals surface area contributed by atoms with Crippen LogP contribution >= 0.6 is 0 Å². The van der Waals surface area contributed by atoms with E-state index < -0.39 is 11.7 Å². The van der Waals surface area contributed by atoms with E-state index in [2.05, 4.69) is 15.4 Å². The standard InChI is InChI=1S/C23H19FN4O2/c1-2-30-18-14-12-17(13-15-18)28-22(16-8-4-3-5-9-16)26-21(27-28)23(29)25-20-11-7-6-10-19(20)24/h3-15H,2H2,1H3,(H,25,29). The quantitative estimate of drug-likeness (QED) is 0.506. The van der Waals surface area contributed by atoms with Gasteiger partial charge in [-0.25, -0.2) is 14.1 Å². The third-order valence-corrected chi connectivity index (χ3v) is 4.36. The SMILES string of the molecule is CCOc1ccc(-n2nc(C(=O)Nc3ccccc3F)nc2-c2ccccc2)cc1. The number of para-hydroxylation sites is 1. The third-order valence-electron chi connectivity index (χ3n) is 4.36. The molecule has 1 aromatic heterocycles. The van der Waals surface area contributed by atoms with E-state index in [0.29, 0.717) is 12.4 Å². The lowest BCUT2D eigenvalue weighted by molar-refractivity contribution is 0.101. The van der Waals surface area contributed by atoms with Crippen LogP contribution in [-0.2, 0) is 0 Å². The Balaban J connectivity index is 1.72. The molecule has 1 heterocycles. The Bertz CT molecular complexity index is 1160. The lowest BCUT2D eigenvalue weighted by atomic mass is 10.2. The van der Waals surface area contributed by atoms with Gasteiger partial charge in [0.05, 0.1) is 18.0 Å². The molecule has 0 bridgehead atoms. The van der Waals surface area contributed by atoms with Crippen LogP contribution < -0.4 is 10.1 Å². The van der Waals surface area contributed by atoms with Crippen LogP contribution in [0.15, 0.2) is 78.9 Å². The normalized spacial score (nSPS) is 10.6. The average molecular weight is 402 g/mol. The minimum atomic E-state index is -0.595. The van der Waals surface area contributed by atoms with E-state index in [-0.39, 0.29) is 11.5 Å². The summed E-state index contributed by atoms with van der Waals surface area (Å²) in [7, 11) is 0. The summed E-state index contributed by atoms with van der Waals surface area (Å²) in [6.45, 7) is 2.48. The molecular formula is C23H19FN4O2. The summed E-state index contributed by atoms with van der Waals surface area (Å²) < 4.78 is 21.0. The molecule has 0 radical (unpaired) electrons. The molecule has 3 aromatic carbocycles. The molecule has 0 fully saturated rings. The lowest BCUT2D eigenvalue weighted by Crippen LogP contribution is -2.15. The van der Waals surface area contributed by atoms with Crippen molar-refractivity contribution in [3.8, 4) is 22.8 Å². The summed E-state index contributed by atoms with van der Waals surface area (Å²) in [5.41, 5.74) is 1.58. The van der Waals surface area contributed by atoms with Gasteiger partial charge < -0.3 is 10.1 Å². The van der Waals surface area contributed by atoms with Gasteiger partial charge in [0.15, 0.2) is 5.82 Å². The predicted octanol–water partition coefficient (Wildman–Crippen LogP) is 4.72. The van der Waals surface area contributed by atoms with Gasteiger partial charge in [-0.05, 0) is 43.3 Å². The molecule has 150 valence electrons. The molecule has 0 atom stereocenters. The average Bonchev–Trinajstić information content (AvgIpc) is 3.22. The zero-order valence-corrected chi connectivity index (χ0v) is 16.2. The van der Waals surface area contributed by atoms with Crippen LogP contribution in [0.3, 0.4) is 0 Å². The molecule has 4 aromatic rings. The van der Waals surface area contributed by atoms with Crippen LogP contribution in [0.2, 0.25) is 0 Å². The largest absolute Gasteiger partial charge is 0.494 e. The maximum atomic E-state index is 13.9. The summed E-state index contributed by atoms with van der Waals surface area (Å²) in [4.78, 5) is 17.1. The number of carbonyl (C=O) groups excluding carboxylic acids is 1. The first kappa shape index (κ1) is 19.3. The highest BCUT2D eigenvalue weighted by Gasteiger charge is 2.19. The number of nitrogens with one attached hydrogen (secondary N) is 1. The molecule has 0 aliphatic carbocycles. The van der Waals surface area contributed by atoms with Gasteiger partial charge in [0.1, 0.15) is 11.6 Å². The van der Waals surface area contributed by atoms with Crippen LogP contribution in [0.5, 0.6) is 5.75 Å². The van der Waals surface area contributed by atoms with Crippen LogP contribution in [0.1, 0.15) is 17.5 Å². The van der Waals surface area contributed by atoms with Crippen molar-refractivity contribution in [2.45, 2.75) is 6.92 Å². The number of carbonyl (C=O) groups is 1. The van der Waals surface area contributed by atoms with E-state index in [4.69, 9.17) is 4.74 Å². The topological polar surface area (TPSA) is 69.0 Å². The fraction of sp³-hybridized carbons (Fsp3) is 0.0870. The van der Waals surface area contributed by atoms with Gasteiger partial charge in [-0.1, -0.05) is 42.5 Å². The van der Waals surface area contributed by atoms with Gasteiger partial charge >= 0.3 is 0 Å². The summed E-state index contributed by atoms with van der Waals surface area (Å²) >= 11 is 0. The Hall–Kier alpha value is -4.00. The van der Waals surface area contributed by atoms with Crippen molar-refractivity contribution in [3.05, 3.63) is 90.5 Å². The zero-order chi connectivity index (χ0) is 20.9. The van der Waals surface area contributed by atoms with Gasteiger partial charge in [0.2, 0.25) is 5.82 Å². The zero-order valence-electron chi connectivity index (χ0n) is 16.2. The van der Waals surface area contributed by atoms with Gasteiger partial charge in [0, 0.05) is 5.56 Å². The molecule has 0 unspecified atom stereocenters. The Morgan fingerprint density at radius 3 is 2.40 bits per heavy atom. The Morgan fingerprint density at radius 1 is 1.00 bits per heavy atom. The monoisotopic (exact) mass is 402 g/mol. The van der Waals surface area contributed by atoms with Crippen molar-refractivity contribution in [2.75, 3.05) is 11.9 Å². The van der Waals surface area contributed by atoms with Crippen LogP contribution in [0.4, 0.5) is 10.1 Å². The molecular weight excluding hydrogens is 383 g/mol. The first-order valence-electron chi connectivity index (χ1n) is 9.47. The molecule has 4 rings (SSSR count). The number of hydrogen-bond acceptors (Lipinski definition) is 4. The molecule has 30 heavy (non-hydrogen) atoms. The molecule has 7 heteroatoms. The first-order chi connectivity index (χ1) is 14.7. The number of halogens is 1. The van der Waals surface area contributed by atoms with E-state index in [1.807, 2.05) is 61.5 Å². The summed E-state index contributed by atoms with van der Waals surface area (Å²) in [6, 6.07) is 22.7. The molecule has 1 N–H and O–H groups in total. The number of benzene rings is 3. The molecule has 0 aliphatic heterocycles. The number of aromatic nitrogens is 3. The second kappa shape index (κ2) is 8.57. The third kappa shape index (κ3) is 4.05. The first-order valence-corrected chi connectivity index (χ1v) is 9.47. The molecule has 0 saturated carbocycles. The van der Waals surface area contributed by atoms with E-state index in [1.165, 1.54) is 12.1 Å². The van der Waals surface area contributed by atoms with Crippen molar-refractivity contribution >= 4 is 11.6 Å². The fourth-order valence-electron chi connectivity index (χ4n) is 2.95. The molecule has 1 amide bonds. The second-order valence-corrected chi connectivity index (χ2v) is 6.40. The van der Waals surface area contributed by atoms with Crippen molar-refractivity contribution in [1.82, 2.24) is 14.8 Å². The minimum absolute atomic E-state index is 0.0639. The molecule has 0 spiro atoms. The Labute approximate surface area is 173 Å². The summed E-state index contributed by atoms with van der Waals surface area (Å²) in [5.74, 6) is 0.0478. The van der Waals surface area contributed by atoms with Crippen molar-refractivity contribution in [2.24, 2.45) is 0 Å². The van der Waals surface area contributed by atoms with E-state index in [9.17, 15) is 9.18 Å². The Kier molecular flexibility index (Phi) is 5.52. The summed E-state index contributed by atoms with van der Waals surface area (Å²) in [5, 5.41) is 6.91. The van der Waals surface area contributed by atoms with E-state index in [0.717, 1.165) is 17.0 Å². The maximum Gasteiger partial charge on any atom is 0.295 e. The van der Waals surface area contributed by atoms with Crippen molar-refractivity contribution < 1.29 is 13.9 Å². The second-order valence-electron chi connectivity index (χ2n) is 6.40. The van der Waals surface area contributed by atoms with Gasteiger partial charge in [0.25, 0.3) is 5.91 Å². The van der Waals surface area contributed by atoms with Gasteiger partial charge in [-0.15, -0.1) is 5.10 Å². The van der Waals surface area contributed by atoms with Crippen molar-refractivity contribution in [1.29, 1.82) is 0 Å². The number of anilines is 1. The number of rotatable bonds is 6. The predicted molar refractivity (Wildman–Crippen MR) is 112 cm³/mol. The maximum absolute atomic E-state index is 13.9. The van der Waals surface area contributed by atoms with Gasteiger partial charge in [-0.2, -0.15) is 0 Å². The highest BCUT2D eigenvalue weighted by atomic mass is 19.1. The minimum Gasteiger partial charge on any atom is -0.494 e. The van der Waals surface area contributed by atoms with Gasteiger partial charge in [-0.3, -0.25) is 4.79 Å². The smallest absolute Gasteiger partial charge is 0.295 e. The Morgan fingerprint density at radius 2 is 1.70 bits per heavy atom. The molecule has 0 saturated heterocycles. The number of amides is 1. The van der Waals surface area contributed by atoms with Crippen molar-refractivity contribution in [3.63, 3.8) is 0 Å². The van der Waals surface area contributed by atoms with E-state index >= 15 is 0 Å². The molecule has 6 nitrogen and oxygen atoms in total. The number of nitrogens with zero attached hydrogens (tertiary/aromatic N) is 3. The summed E-state index contributed by atoms with van der Waals surface area (Å²) in [6.07, 6.45) is 0. The van der Waals surface area contributed by atoms with Crippen LogP contribution in [0.25, 0.3) is 17.1 Å².